The Balaban J connectivity index is 0.804. The summed E-state index contributed by atoms with van der Waals surface area (Å²) in [6.45, 7) is 3.15. The largest absolute Gasteiger partial charge is 0.508 e. The number of hydrogen-bond acceptors (Lipinski definition) is 9. The molecule has 0 spiro atoms. The van der Waals surface area contributed by atoms with E-state index in [4.69, 9.17) is 23.7 Å². The lowest BCUT2D eigenvalue weighted by atomic mass is 9.76. The lowest BCUT2D eigenvalue weighted by Crippen LogP contribution is -2.52. The number of hydrogen-bond donors (Lipinski definition) is 2. The summed E-state index contributed by atoms with van der Waals surface area (Å²) in [5.41, 5.74) is 4.73. The topological polar surface area (TPSA) is 133 Å². The zero-order valence-corrected chi connectivity index (χ0v) is 28.1. The van der Waals surface area contributed by atoms with Crippen molar-refractivity contribution in [3.63, 3.8) is 0 Å². The van der Waals surface area contributed by atoms with Gasteiger partial charge < -0.3 is 33.7 Å². The van der Waals surface area contributed by atoms with Crippen LogP contribution in [0.2, 0.25) is 0 Å². The number of amides is 3. The molecular formula is C40H40N2O9. The summed E-state index contributed by atoms with van der Waals surface area (Å²) < 4.78 is 29.1. The first-order valence-electron chi connectivity index (χ1n) is 17.2. The fourth-order valence-corrected chi connectivity index (χ4v) is 6.97. The van der Waals surface area contributed by atoms with Crippen LogP contribution < -0.4 is 19.5 Å². The second-order valence-electron chi connectivity index (χ2n) is 12.7. The molecule has 11 nitrogen and oxygen atoms in total. The molecule has 1 fully saturated rings. The Bertz CT molecular complexity index is 1860. The highest BCUT2D eigenvalue weighted by Gasteiger charge is 2.39. The number of carbonyl (C=O) groups excluding carboxylic acids is 3. The SMILES string of the molecule is O=C1CCC(N2Cc3cc(OCCOCCOCCOc4ccc(C5c6ccc(O)cc6OC[C@@H]5c5ccccc5)cc4)ccc3C2=O)C(=O)N1. The molecule has 0 radical (unpaired) electrons. The number of rotatable bonds is 14. The van der Waals surface area contributed by atoms with Gasteiger partial charge in [0.2, 0.25) is 11.8 Å². The fourth-order valence-electron chi connectivity index (χ4n) is 6.97. The molecule has 1 saturated heterocycles. The molecule has 3 heterocycles. The van der Waals surface area contributed by atoms with E-state index in [0.717, 1.165) is 22.4 Å². The minimum absolute atomic E-state index is 0.0661. The summed E-state index contributed by atoms with van der Waals surface area (Å²) in [5.74, 6) is 1.51. The molecule has 3 aliphatic heterocycles. The maximum atomic E-state index is 12.9. The Morgan fingerprint density at radius 1 is 0.765 bits per heavy atom. The number of benzene rings is 4. The maximum absolute atomic E-state index is 12.9. The Labute approximate surface area is 296 Å². The van der Waals surface area contributed by atoms with Crippen molar-refractivity contribution < 1.29 is 43.2 Å². The molecule has 11 heteroatoms. The summed E-state index contributed by atoms with van der Waals surface area (Å²) in [6, 6.07) is 28.4. The van der Waals surface area contributed by atoms with Crippen molar-refractivity contribution in [2.24, 2.45) is 0 Å². The Kier molecular flexibility index (Phi) is 10.5. The van der Waals surface area contributed by atoms with E-state index >= 15 is 0 Å². The molecule has 3 aliphatic rings. The molecule has 0 bridgehead atoms. The highest BCUT2D eigenvalue weighted by Crippen LogP contribution is 2.47. The Morgan fingerprint density at radius 2 is 1.47 bits per heavy atom. The van der Waals surface area contributed by atoms with Crippen molar-refractivity contribution in [1.29, 1.82) is 0 Å². The third kappa shape index (κ3) is 7.84. The fraction of sp³-hybridized carbons (Fsp3) is 0.325. The van der Waals surface area contributed by atoms with Crippen LogP contribution in [0.1, 0.15) is 57.3 Å². The molecule has 0 aromatic heterocycles. The minimum atomic E-state index is -0.644. The van der Waals surface area contributed by atoms with E-state index in [1.54, 1.807) is 24.3 Å². The monoisotopic (exact) mass is 692 g/mol. The van der Waals surface area contributed by atoms with E-state index in [9.17, 15) is 19.5 Å². The van der Waals surface area contributed by atoms with Crippen molar-refractivity contribution in [1.82, 2.24) is 10.2 Å². The smallest absolute Gasteiger partial charge is 0.255 e. The number of imide groups is 1. The predicted molar refractivity (Wildman–Crippen MR) is 186 cm³/mol. The van der Waals surface area contributed by atoms with Crippen LogP contribution in [0.25, 0.3) is 0 Å². The van der Waals surface area contributed by atoms with Crippen LogP contribution in [0.3, 0.4) is 0 Å². The molecule has 3 amide bonds. The number of phenols is 1. The van der Waals surface area contributed by atoms with Gasteiger partial charge in [-0.2, -0.15) is 0 Å². The zero-order valence-electron chi connectivity index (χ0n) is 28.1. The van der Waals surface area contributed by atoms with E-state index in [0.29, 0.717) is 76.3 Å². The number of phenolic OH excluding ortho intramolecular Hbond substituents is 1. The second-order valence-corrected chi connectivity index (χ2v) is 12.7. The van der Waals surface area contributed by atoms with Gasteiger partial charge in [-0.25, -0.2) is 0 Å². The average molecular weight is 693 g/mol. The van der Waals surface area contributed by atoms with Gasteiger partial charge in [0.1, 0.15) is 42.3 Å². The number of fused-ring (bicyclic) bond motifs is 2. The van der Waals surface area contributed by atoms with Crippen LogP contribution in [0.4, 0.5) is 0 Å². The van der Waals surface area contributed by atoms with E-state index < -0.39 is 11.9 Å². The molecule has 4 aromatic rings. The number of piperidine rings is 1. The van der Waals surface area contributed by atoms with Crippen LogP contribution >= 0.6 is 0 Å². The van der Waals surface area contributed by atoms with E-state index in [-0.39, 0.29) is 35.8 Å². The van der Waals surface area contributed by atoms with Gasteiger partial charge in [0.05, 0.1) is 33.0 Å². The summed E-state index contributed by atoms with van der Waals surface area (Å²) in [5, 5.41) is 12.3. The normalized spacial score (nSPS) is 19.6. The first-order valence-corrected chi connectivity index (χ1v) is 17.2. The minimum Gasteiger partial charge on any atom is -0.508 e. The highest BCUT2D eigenvalue weighted by atomic mass is 16.6. The Hall–Kier alpha value is -5.39. The quantitative estimate of drug-likeness (QED) is 0.139. The molecular weight excluding hydrogens is 652 g/mol. The third-order valence-corrected chi connectivity index (χ3v) is 9.48. The summed E-state index contributed by atoms with van der Waals surface area (Å²) in [4.78, 5) is 38.1. The van der Waals surface area contributed by atoms with Gasteiger partial charge in [-0.1, -0.05) is 48.5 Å². The number of nitrogens with zero attached hydrogens (tertiary/aromatic N) is 1. The van der Waals surface area contributed by atoms with Gasteiger partial charge >= 0.3 is 0 Å². The van der Waals surface area contributed by atoms with Crippen molar-refractivity contribution in [2.75, 3.05) is 46.2 Å². The molecule has 7 rings (SSSR count). The third-order valence-electron chi connectivity index (χ3n) is 9.48. The molecule has 3 atom stereocenters. The molecule has 0 saturated carbocycles. The standard InChI is InChI=1S/C40H40N2O9/c43-29-8-12-33-36(23-29)51-25-34(26-4-2-1-3-5-26)38(33)27-6-9-30(10-7-27)49-20-18-47-16-17-48-19-21-50-31-11-13-32-28(22-31)24-42(40(32)46)35-14-15-37(44)41-39(35)45/h1-13,22-23,34-35,38,43H,14-21,24-25H2,(H,41,44,45)/t34-,35?,38?/m1/s1. The van der Waals surface area contributed by atoms with E-state index in [2.05, 4.69) is 29.6 Å². The van der Waals surface area contributed by atoms with Gasteiger partial charge in [0.15, 0.2) is 0 Å². The molecule has 51 heavy (non-hydrogen) atoms. The number of carbonyl (C=O) groups is 3. The zero-order chi connectivity index (χ0) is 35.2. The van der Waals surface area contributed by atoms with Crippen molar-refractivity contribution in [3.05, 3.63) is 119 Å². The van der Waals surface area contributed by atoms with Gasteiger partial charge in [0, 0.05) is 42.0 Å². The molecule has 0 aliphatic carbocycles. The number of nitrogens with one attached hydrogen (secondary N) is 1. The van der Waals surface area contributed by atoms with Crippen LogP contribution in [0.15, 0.2) is 91.0 Å². The average Bonchev–Trinajstić information content (AvgIpc) is 3.47. The highest BCUT2D eigenvalue weighted by molar-refractivity contribution is 6.05. The van der Waals surface area contributed by atoms with E-state index in [1.165, 1.54) is 10.5 Å². The number of aromatic hydroxyl groups is 1. The Morgan fingerprint density at radius 3 is 2.22 bits per heavy atom. The van der Waals surface area contributed by atoms with Crippen LogP contribution in [0, 0.1) is 0 Å². The van der Waals surface area contributed by atoms with Crippen LogP contribution in [-0.4, -0.2) is 80.0 Å². The van der Waals surface area contributed by atoms with E-state index in [1.807, 2.05) is 42.5 Å². The van der Waals surface area contributed by atoms with Crippen molar-refractivity contribution in [3.8, 4) is 23.0 Å². The van der Waals surface area contributed by atoms with Crippen LogP contribution in [-0.2, 0) is 25.6 Å². The first kappa shape index (κ1) is 34.1. The lowest BCUT2D eigenvalue weighted by Gasteiger charge is -2.34. The van der Waals surface area contributed by atoms with Crippen LogP contribution in [0.5, 0.6) is 23.0 Å². The summed E-state index contributed by atoms with van der Waals surface area (Å²) in [7, 11) is 0. The molecule has 264 valence electrons. The molecule has 2 unspecified atom stereocenters. The van der Waals surface area contributed by atoms with Gasteiger partial charge in [0.25, 0.3) is 5.91 Å². The summed E-state index contributed by atoms with van der Waals surface area (Å²) in [6.07, 6.45) is 0.546. The maximum Gasteiger partial charge on any atom is 0.255 e. The first-order chi connectivity index (χ1) is 24.9. The van der Waals surface area contributed by atoms with Crippen molar-refractivity contribution in [2.45, 2.75) is 37.3 Å². The second kappa shape index (κ2) is 15.7. The van der Waals surface area contributed by atoms with Crippen molar-refractivity contribution >= 4 is 17.7 Å². The van der Waals surface area contributed by atoms with Gasteiger partial charge in [-0.15, -0.1) is 0 Å². The molecule has 4 aromatic carbocycles. The molecule has 2 N–H and O–H groups in total. The number of ether oxygens (including phenoxy) is 5. The van der Waals surface area contributed by atoms with Gasteiger partial charge in [-0.3, -0.25) is 19.7 Å². The summed E-state index contributed by atoms with van der Waals surface area (Å²) >= 11 is 0. The van der Waals surface area contributed by atoms with Gasteiger partial charge in [-0.05, 0) is 59.5 Å². The predicted octanol–water partition coefficient (Wildman–Crippen LogP) is 4.95. The lowest BCUT2D eigenvalue weighted by molar-refractivity contribution is -0.136.